The van der Waals surface area contributed by atoms with Crippen LogP contribution in [0.5, 0.6) is 0 Å². The molecule has 0 N–H and O–H groups in total. The summed E-state index contributed by atoms with van der Waals surface area (Å²) in [6.45, 7) is 19.3. The highest BCUT2D eigenvalue weighted by atomic mass is 16.3. The van der Waals surface area contributed by atoms with E-state index in [-0.39, 0.29) is 0 Å². The third-order valence-electron chi connectivity index (χ3n) is 28.9. The lowest BCUT2D eigenvalue weighted by Crippen LogP contribution is -1.87. The molecule has 0 aliphatic heterocycles. The van der Waals surface area contributed by atoms with Crippen molar-refractivity contribution in [2.24, 2.45) is 0 Å². The zero-order valence-corrected chi connectivity index (χ0v) is 80.1. The maximum absolute atomic E-state index is 6.55. The van der Waals surface area contributed by atoms with Crippen molar-refractivity contribution in [1.82, 2.24) is 0 Å². The van der Waals surface area contributed by atoms with Crippen molar-refractivity contribution in [3.63, 3.8) is 0 Å². The molecule has 4 heterocycles. The molecule has 0 unspecified atom stereocenters. The van der Waals surface area contributed by atoms with Crippen LogP contribution in [-0.2, 0) is 0 Å². The van der Waals surface area contributed by atoms with E-state index in [9.17, 15) is 0 Å². The first-order chi connectivity index (χ1) is 69.1. The van der Waals surface area contributed by atoms with Crippen LogP contribution in [0.25, 0.3) is 263 Å². The fourth-order valence-electron chi connectivity index (χ4n) is 22.5. The molecule has 4 nitrogen and oxygen atoms in total. The highest BCUT2D eigenvalue weighted by Gasteiger charge is 2.24. The Morgan fingerprint density at radius 2 is 0.376 bits per heavy atom. The van der Waals surface area contributed by atoms with Crippen LogP contribution in [0.3, 0.4) is 0 Å². The van der Waals surface area contributed by atoms with Gasteiger partial charge in [-0.3, -0.25) is 0 Å². The predicted octanol–water partition coefficient (Wildman–Crippen LogP) is 39.7. The summed E-state index contributed by atoms with van der Waals surface area (Å²) >= 11 is 0. The molecule has 0 spiro atoms. The van der Waals surface area contributed by atoms with E-state index in [4.69, 9.17) is 17.7 Å². The maximum atomic E-state index is 6.55. The van der Waals surface area contributed by atoms with Crippen molar-refractivity contribution in [3.8, 4) is 89.0 Å². The molecule has 0 fully saturated rings. The van der Waals surface area contributed by atoms with Gasteiger partial charge in [0, 0.05) is 65.3 Å². The lowest BCUT2D eigenvalue weighted by Gasteiger charge is -2.13. The van der Waals surface area contributed by atoms with Crippen molar-refractivity contribution in [2.45, 2.75) is 62.3 Å². The molecule has 4 aromatic heterocycles. The average molecular weight is 1810 g/mol. The van der Waals surface area contributed by atoms with Gasteiger partial charge >= 0.3 is 0 Å². The Labute approximate surface area is 817 Å². The van der Waals surface area contributed by atoms with Gasteiger partial charge < -0.3 is 17.7 Å². The van der Waals surface area contributed by atoms with Crippen LogP contribution in [0.15, 0.2) is 448 Å². The minimum atomic E-state index is 0.939. The standard InChI is InChI=1S/2C35H26O.C34H24O.C33H22O/c1-21-15-23(3)34-32(17-21)33-18-22(2)16-31(35(33)36-34)25-11-8-10-24(19-25)30-20-26-9-4-5-12-27(26)28-13-6-7-14-29(28)30;1-21-16-23(3)34-32(18-21)33-19-22(2)17-31(35(33)36-34)25-14-12-24(13-15-25)30-20-26-8-4-5-9-27(26)28-10-6-7-11-29(28)30;1-21-14-15-33-31(16-21)32-18-22(2)17-30(34(32)35-33)24-10-7-9-23(19-24)29-20-25-8-3-4-11-26(25)27-12-5-6-13-28(27)29;1-21-9-6-17-29-30-18-8-16-26(33(30)34-32(21)29)22-11-7-12-23(19-22)31-20-24-10-2-3-13-25(24)27-14-4-5-15-28(27)31/h2*4-20H,1-3H3;3-20H,1-2H3;2-20H,1H3. The Balaban J connectivity index is 0.0000000990. The Kier molecular flexibility index (Phi) is 21.0. The van der Waals surface area contributed by atoms with E-state index < -0.39 is 0 Å². The molecule has 0 radical (unpaired) electrons. The van der Waals surface area contributed by atoms with Gasteiger partial charge in [0.2, 0.25) is 0 Å². The van der Waals surface area contributed by atoms with Crippen LogP contribution in [-0.4, -0.2) is 0 Å². The van der Waals surface area contributed by atoms with Crippen LogP contribution in [0.1, 0.15) is 50.1 Å². The highest BCUT2D eigenvalue weighted by Crippen LogP contribution is 2.49. The van der Waals surface area contributed by atoms with E-state index in [0.29, 0.717) is 0 Å². The molecular formula is C137H98O4. The quantitative estimate of drug-likeness (QED) is 0.142. The molecule has 0 aliphatic carbocycles. The minimum absolute atomic E-state index is 0.939. The smallest absolute Gasteiger partial charge is 0.143 e. The molecule has 0 saturated heterocycles. The third-order valence-corrected chi connectivity index (χ3v) is 28.9. The van der Waals surface area contributed by atoms with Gasteiger partial charge in [0.1, 0.15) is 44.7 Å². The fraction of sp³-hybridized carbons (Fsp3) is 0.0657. The summed E-state index contributed by atoms with van der Waals surface area (Å²) in [6.07, 6.45) is 0. The number of hydrogen-bond donors (Lipinski definition) is 0. The maximum Gasteiger partial charge on any atom is 0.143 e. The molecule has 0 amide bonds. The Bertz CT molecular complexity index is 10000. The van der Waals surface area contributed by atoms with E-state index in [0.717, 1.165) is 83.4 Å². The lowest BCUT2D eigenvalue weighted by molar-refractivity contribution is 0.666. The molecule has 24 aromatic carbocycles. The summed E-state index contributed by atoms with van der Waals surface area (Å²) < 4.78 is 25.9. The summed E-state index contributed by atoms with van der Waals surface area (Å²) in [7, 11) is 0. The summed E-state index contributed by atoms with van der Waals surface area (Å²) in [4.78, 5) is 0. The van der Waals surface area contributed by atoms with Gasteiger partial charge in [-0.15, -0.1) is 0 Å². The number of hydrogen-bond acceptors (Lipinski definition) is 4. The zero-order chi connectivity index (χ0) is 94.9. The zero-order valence-electron chi connectivity index (χ0n) is 80.1. The molecule has 0 bridgehead atoms. The predicted molar refractivity (Wildman–Crippen MR) is 601 cm³/mol. The number of benzene rings is 24. The number of para-hydroxylation sites is 2. The molecule has 28 rings (SSSR count). The van der Waals surface area contributed by atoms with Gasteiger partial charge in [0.25, 0.3) is 0 Å². The number of fused-ring (bicyclic) bond motifs is 24. The minimum Gasteiger partial charge on any atom is -0.455 e. The highest BCUT2D eigenvalue weighted by molar-refractivity contribution is 6.21. The van der Waals surface area contributed by atoms with Crippen LogP contribution in [0.4, 0.5) is 0 Å². The van der Waals surface area contributed by atoms with Gasteiger partial charge in [-0.1, -0.05) is 333 Å². The molecular weight excluding hydrogens is 1710 g/mol. The van der Waals surface area contributed by atoms with Gasteiger partial charge in [0.15, 0.2) is 0 Å². The fourth-order valence-corrected chi connectivity index (χ4v) is 22.5. The summed E-state index contributed by atoms with van der Waals surface area (Å²) in [6, 6.07) is 156. The van der Waals surface area contributed by atoms with Crippen molar-refractivity contribution >= 4 is 174 Å². The molecule has 141 heavy (non-hydrogen) atoms. The second-order valence-electron chi connectivity index (χ2n) is 38.6. The van der Waals surface area contributed by atoms with Gasteiger partial charge in [-0.05, 0) is 363 Å². The normalized spacial score (nSPS) is 11.7. The number of aryl methyl sites for hydroxylation is 9. The van der Waals surface area contributed by atoms with Crippen LogP contribution >= 0.6 is 0 Å². The Hall–Kier alpha value is -17.4. The monoisotopic (exact) mass is 1810 g/mol. The number of furan rings is 4. The third kappa shape index (κ3) is 15.1. The molecule has 0 atom stereocenters. The van der Waals surface area contributed by atoms with Crippen molar-refractivity contribution < 1.29 is 17.7 Å². The molecule has 0 saturated carbocycles. The largest absolute Gasteiger partial charge is 0.455 e. The first-order valence-corrected chi connectivity index (χ1v) is 48.8. The summed E-state index contributed by atoms with van der Waals surface area (Å²) in [5.41, 5.74) is 37.9. The van der Waals surface area contributed by atoms with E-state index in [1.807, 2.05) is 0 Å². The van der Waals surface area contributed by atoms with E-state index >= 15 is 0 Å². The second kappa shape index (κ2) is 34.7. The van der Waals surface area contributed by atoms with E-state index in [1.54, 1.807) is 0 Å². The lowest BCUT2D eigenvalue weighted by atomic mass is 9.91. The van der Waals surface area contributed by atoms with Crippen LogP contribution in [0.2, 0.25) is 0 Å². The van der Waals surface area contributed by atoms with Crippen LogP contribution in [0, 0.1) is 62.3 Å². The number of rotatable bonds is 8. The van der Waals surface area contributed by atoms with Crippen molar-refractivity contribution in [3.05, 3.63) is 481 Å². The first kappa shape index (κ1) is 85.2. The summed E-state index contributed by atoms with van der Waals surface area (Å²) in [5, 5.41) is 30.0. The molecule has 0 aliphatic rings. The van der Waals surface area contributed by atoms with Gasteiger partial charge in [-0.25, -0.2) is 0 Å². The van der Waals surface area contributed by atoms with E-state index in [1.165, 1.54) is 230 Å². The summed E-state index contributed by atoms with van der Waals surface area (Å²) in [5.74, 6) is 0. The van der Waals surface area contributed by atoms with Crippen molar-refractivity contribution in [1.29, 1.82) is 0 Å². The second-order valence-corrected chi connectivity index (χ2v) is 38.6. The molecule has 670 valence electrons. The average Bonchev–Trinajstić information content (AvgIpc) is 1.67. The first-order valence-electron chi connectivity index (χ1n) is 48.8. The Morgan fingerprint density at radius 3 is 0.766 bits per heavy atom. The SMILES string of the molecule is Cc1cc(C)c2oc3c(-c4ccc(-c5cc6ccccc6c6ccccc56)cc4)cc(C)cc3c2c1.Cc1cc(C)c2oc3c(-c4cccc(-c5cc6ccccc6c6ccccc56)c4)cc(C)cc3c2c1.Cc1ccc2oc3c(-c4cccc(-c5cc6ccccc6c6ccccc56)c4)cc(C)cc3c2c1.Cc1cccc2c1oc1c(-c3cccc(-c4cc5ccccc5c5ccccc45)c3)cccc12. The van der Waals surface area contributed by atoms with Crippen LogP contribution < -0.4 is 0 Å². The van der Waals surface area contributed by atoms with Gasteiger partial charge in [-0.2, -0.15) is 0 Å². The van der Waals surface area contributed by atoms with Gasteiger partial charge in [0.05, 0.1) is 0 Å². The molecule has 4 heteroatoms. The molecule has 28 aromatic rings. The van der Waals surface area contributed by atoms with E-state index in [2.05, 4.69) is 493 Å². The topological polar surface area (TPSA) is 52.6 Å². The van der Waals surface area contributed by atoms with Crippen molar-refractivity contribution in [2.75, 3.05) is 0 Å². The Morgan fingerprint density at radius 1 is 0.121 bits per heavy atom.